The van der Waals surface area contributed by atoms with Crippen LogP contribution >= 0.6 is 0 Å². The second-order valence-electron chi connectivity index (χ2n) is 3.70. The van der Waals surface area contributed by atoms with Crippen LogP contribution < -0.4 is 5.32 Å². The Balaban J connectivity index is 1.87. The number of aromatic nitrogens is 2. The molecule has 94 valence electrons. The van der Waals surface area contributed by atoms with Crippen LogP contribution in [-0.2, 0) is 6.42 Å². The summed E-state index contributed by atoms with van der Waals surface area (Å²) >= 11 is 0. The van der Waals surface area contributed by atoms with Crippen LogP contribution in [0.25, 0.3) is 0 Å². The van der Waals surface area contributed by atoms with Crippen molar-refractivity contribution in [1.29, 1.82) is 0 Å². The van der Waals surface area contributed by atoms with Crippen LogP contribution in [-0.4, -0.2) is 22.6 Å². The minimum atomic E-state index is -0.538. The first-order chi connectivity index (χ1) is 8.66. The van der Waals surface area contributed by atoms with Crippen molar-refractivity contribution in [3.8, 4) is 0 Å². The summed E-state index contributed by atoms with van der Waals surface area (Å²) in [6.07, 6.45) is 0.418. The van der Waals surface area contributed by atoms with Crippen LogP contribution in [0.5, 0.6) is 0 Å². The van der Waals surface area contributed by atoms with Gasteiger partial charge in [-0.15, -0.1) is 10.2 Å². The van der Waals surface area contributed by atoms with E-state index < -0.39 is 11.7 Å². The molecule has 0 unspecified atom stereocenters. The lowest BCUT2D eigenvalue weighted by Crippen LogP contribution is -2.26. The molecular formula is C12H12FN3O2. The van der Waals surface area contributed by atoms with Gasteiger partial charge in [-0.2, -0.15) is 0 Å². The summed E-state index contributed by atoms with van der Waals surface area (Å²) in [7, 11) is 0. The van der Waals surface area contributed by atoms with Crippen molar-refractivity contribution in [2.75, 3.05) is 6.54 Å². The molecule has 5 nitrogen and oxygen atoms in total. The number of benzene rings is 1. The van der Waals surface area contributed by atoms with E-state index in [2.05, 4.69) is 15.5 Å². The van der Waals surface area contributed by atoms with Gasteiger partial charge in [0, 0.05) is 19.9 Å². The molecule has 0 saturated carbocycles. The molecule has 0 saturated heterocycles. The number of carbonyl (C=O) groups excluding carboxylic acids is 1. The molecule has 2 rings (SSSR count). The summed E-state index contributed by atoms with van der Waals surface area (Å²) in [5, 5.41) is 10.0. The molecule has 2 aromatic rings. The van der Waals surface area contributed by atoms with Gasteiger partial charge in [0.05, 0.1) is 5.56 Å². The van der Waals surface area contributed by atoms with E-state index in [4.69, 9.17) is 4.42 Å². The maximum Gasteiger partial charge on any atom is 0.254 e. The Labute approximate surface area is 103 Å². The van der Waals surface area contributed by atoms with Gasteiger partial charge in [0.15, 0.2) is 0 Å². The van der Waals surface area contributed by atoms with Crippen molar-refractivity contribution in [2.24, 2.45) is 0 Å². The average Bonchev–Trinajstić information content (AvgIpc) is 2.75. The maximum absolute atomic E-state index is 13.3. The molecule has 1 N–H and O–H groups in total. The van der Waals surface area contributed by atoms with E-state index in [1.807, 2.05) is 0 Å². The zero-order valence-electron chi connectivity index (χ0n) is 9.81. The van der Waals surface area contributed by atoms with Crippen molar-refractivity contribution in [1.82, 2.24) is 15.5 Å². The molecule has 0 spiro atoms. The average molecular weight is 249 g/mol. The summed E-state index contributed by atoms with van der Waals surface area (Å²) in [5.41, 5.74) is 0.0270. The molecule has 1 heterocycles. The zero-order valence-corrected chi connectivity index (χ0v) is 9.81. The molecule has 0 aliphatic heterocycles. The number of nitrogens with one attached hydrogen (secondary N) is 1. The standard InChI is InChI=1S/C12H12FN3O2/c1-8-15-16-11(18-8)6-7-14-12(17)9-4-2-3-5-10(9)13/h2-5H,6-7H2,1H3,(H,14,17). The van der Waals surface area contributed by atoms with E-state index in [1.165, 1.54) is 18.2 Å². The highest BCUT2D eigenvalue weighted by Gasteiger charge is 2.10. The monoisotopic (exact) mass is 249 g/mol. The minimum Gasteiger partial charge on any atom is -0.426 e. The fraction of sp³-hybridized carbons (Fsp3) is 0.250. The Morgan fingerprint density at radius 2 is 2.17 bits per heavy atom. The van der Waals surface area contributed by atoms with Crippen molar-refractivity contribution in [3.63, 3.8) is 0 Å². The van der Waals surface area contributed by atoms with Gasteiger partial charge in [-0.1, -0.05) is 12.1 Å². The summed E-state index contributed by atoms with van der Waals surface area (Å²) in [6, 6.07) is 5.82. The highest BCUT2D eigenvalue weighted by atomic mass is 19.1. The van der Waals surface area contributed by atoms with E-state index in [0.717, 1.165) is 0 Å². The van der Waals surface area contributed by atoms with Gasteiger partial charge in [-0.05, 0) is 12.1 Å². The first-order valence-corrected chi connectivity index (χ1v) is 5.48. The van der Waals surface area contributed by atoms with Crippen molar-refractivity contribution < 1.29 is 13.6 Å². The highest BCUT2D eigenvalue weighted by Crippen LogP contribution is 2.05. The Bertz CT molecular complexity index is 554. The van der Waals surface area contributed by atoms with Gasteiger partial charge in [0.2, 0.25) is 11.8 Å². The van der Waals surface area contributed by atoms with E-state index in [1.54, 1.807) is 13.0 Å². The molecule has 18 heavy (non-hydrogen) atoms. The SMILES string of the molecule is Cc1nnc(CCNC(=O)c2ccccc2F)o1. The van der Waals surface area contributed by atoms with Crippen molar-refractivity contribution in [3.05, 3.63) is 47.4 Å². The lowest BCUT2D eigenvalue weighted by molar-refractivity contribution is 0.0949. The fourth-order valence-electron chi connectivity index (χ4n) is 1.46. The number of rotatable bonds is 4. The lowest BCUT2D eigenvalue weighted by Gasteiger charge is -2.04. The molecule has 1 aromatic carbocycles. The molecule has 0 radical (unpaired) electrons. The number of nitrogens with zero attached hydrogens (tertiary/aromatic N) is 2. The number of carbonyl (C=O) groups is 1. The van der Waals surface area contributed by atoms with E-state index in [-0.39, 0.29) is 5.56 Å². The van der Waals surface area contributed by atoms with Crippen LogP contribution in [0.3, 0.4) is 0 Å². The predicted octanol–water partition coefficient (Wildman–Crippen LogP) is 1.49. The number of hydrogen-bond acceptors (Lipinski definition) is 4. The first kappa shape index (κ1) is 12.2. The van der Waals surface area contributed by atoms with Gasteiger partial charge in [-0.25, -0.2) is 4.39 Å². The van der Waals surface area contributed by atoms with Crippen molar-refractivity contribution >= 4 is 5.91 Å². The molecule has 1 aromatic heterocycles. The van der Waals surface area contributed by atoms with Crippen LogP contribution in [0.4, 0.5) is 4.39 Å². The Morgan fingerprint density at radius 3 is 2.83 bits per heavy atom. The summed E-state index contributed by atoms with van der Waals surface area (Å²) < 4.78 is 18.4. The third-order valence-corrected chi connectivity index (χ3v) is 2.31. The van der Waals surface area contributed by atoms with E-state index in [0.29, 0.717) is 24.7 Å². The summed E-state index contributed by atoms with van der Waals surface area (Å²) in [5.74, 6) is -0.0697. The molecule has 0 bridgehead atoms. The number of aryl methyl sites for hydroxylation is 1. The van der Waals surface area contributed by atoms with Gasteiger partial charge in [0.1, 0.15) is 5.82 Å². The van der Waals surface area contributed by atoms with Crippen LogP contribution in [0.15, 0.2) is 28.7 Å². The molecule has 0 atom stereocenters. The second-order valence-corrected chi connectivity index (χ2v) is 3.70. The molecule has 0 fully saturated rings. The lowest BCUT2D eigenvalue weighted by atomic mass is 10.2. The minimum absolute atomic E-state index is 0.0270. The molecule has 0 aliphatic carbocycles. The van der Waals surface area contributed by atoms with Gasteiger partial charge >= 0.3 is 0 Å². The molecule has 1 amide bonds. The van der Waals surface area contributed by atoms with Crippen LogP contribution in [0, 0.1) is 12.7 Å². The Kier molecular flexibility index (Phi) is 3.66. The van der Waals surface area contributed by atoms with Gasteiger partial charge in [-0.3, -0.25) is 4.79 Å². The van der Waals surface area contributed by atoms with E-state index >= 15 is 0 Å². The van der Waals surface area contributed by atoms with Crippen LogP contribution in [0.1, 0.15) is 22.1 Å². The number of amides is 1. The zero-order chi connectivity index (χ0) is 13.0. The second kappa shape index (κ2) is 5.39. The Hall–Kier alpha value is -2.24. The predicted molar refractivity (Wildman–Crippen MR) is 61.5 cm³/mol. The highest BCUT2D eigenvalue weighted by molar-refractivity contribution is 5.94. The molecular weight excluding hydrogens is 237 g/mol. The summed E-state index contributed by atoms with van der Waals surface area (Å²) in [6.45, 7) is 2.00. The fourth-order valence-corrected chi connectivity index (χ4v) is 1.46. The third-order valence-electron chi connectivity index (χ3n) is 2.31. The van der Waals surface area contributed by atoms with E-state index in [9.17, 15) is 9.18 Å². The van der Waals surface area contributed by atoms with Gasteiger partial charge < -0.3 is 9.73 Å². The molecule has 6 heteroatoms. The normalized spacial score (nSPS) is 10.3. The maximum atomic E-state index is 13.3. The number of halogens is 1. The van der Waals surface area contributed by atoms with Crippen molar-refractivity contribution in [2.45, 2.75) is 13.3 Å². The Morgan fingerprint density at radius 1 is 1.39 bits per heavy atom. The van der Waals surface area contributed by atoms with Crippen LogP contribution in [0.2, 0.25) is 0 Å². The molecule has 0 aliphatic rings. The quantitative estimate of drug-likeness (QED) is 0.891. The number of hydrogen-bond donors (Lipinski definition) is 1. The summed E-state index contributed by atoms with van der Waals surface area (Å²) in [4.78, 5) is 11.6. The first-order valence-electron chi connectivity index (χ1n) is 5.48. The smallest absolute Gasteiger partial charge is 0.254 e. The topological polar surface area (TPSA) is 68.0 Å². The largest absolute Gasteiger partial charge is 0.426 e. The third kappa shape index (κ3) is 2.91. The van der Waals surface area contributed by atoms with Gasteiger partial charge in [0.25, 0.3) is 5.91 Å².